The smallest absolute Gasteiger partial charge is 0.183 e. The van der Waals surface area contributed by atoms with Crippen LogP contribution in [0.5, 0.6) is 0 Å². The highest BCUT2D eigenvalue weighted by molar-refractivity contribution is 7.15. The molecule has 2 heterocycles. The van der Waals surface area contributed by atoms with Crippen LogP contribution in [0.2, 0.25) is 0 Å². The molecule has 3 rings (SSSR count). The summed E-state index contributed by atoms with van der Waals surface area (Å²) in [7, 11) is 0. The zero-order valence-corrected chi connectivity index (χ0v) is 9.31. The summed E-state index contributed by atoms with van der Waals surface area (Å²) < 4.78 is 0. The van der Waals surface area contributed by atoms with E-state index in [1.165, 1.54) is 10.6 Å². The van der Waals surface area contributed by atoms with E-state index < -0.39 is 0 Å². The number of thiazole rings is 1. The first-order valence-electron chi connectivity index (χ1n) is 5.45. The molecule has 0 bridgehead atoms. The molecule has 0 radical (unpaired) electrons. The molecule has 2 aliphatic rings. The van der Waals surface area contributed by atoms with Crippen LogP contribution in [0.25, 0.3) is 0 Å². The lowest BCUT2D eigenvalue weighted by Crippen LogP contribution is -2.38. The third kappa shape index (κ3) is 1.87. The number of aliphatic hydroxyl groups is 1. The number of hydrogen-bond donors (Lipinski definition) is 3. The lowest BCUT2D eigenvalue weighted by atomic mass is 9.90. The summed E-state index contributed by atoms with van der Waals surface area (Å²) in [6.45, 7) is 2.00. The standard InChI is InChI=1S/C10H15N3OS/c14-7-3-6(4-7)12-10-13-8-1-2-11-5-9(8)15-10/h6-7,11,14H,1-5H2,(H,12,13). The fourth-order valence-electron chi connectivity index (χ4n) is 2.07. The van der Waals surface area contributed by atoms with Crippen molar-refractivity contribution >= 4 is 16.5 Å². The third-order valence-corrected chi connectivity index (χ3v) is 4.07. The molecule has 4 nitrogen and oxygen atoms in total. The highest BCUT2D eigenvalue weighted by Crippen LogP contribution is 2.29. The number of nitrogens with one attached hydrogen (secondary N) is 2. The van der Waals surface area contributed by atoms with E-state index in [2.05, 4.69) is 15.6 Å². The van der Waals surface area contributed by atoms with E-state index in [9.17, 15) is 5.11 Å². The number of nitrogens with zero attached hydrogens (tertiary/aromatic N) is 1. The van der Waals surface area contributed by atoms with Gasteiger partial charge in [-0.3, -0.25) is 0 Å². The number of aromatic nitrogens is 1. The van der Waals surface area contributed by atoms with Gasteiger partial charge in [0.2, 0.25) is 0 Å². The van der Waals surface area contributed by atoms with Crippen molar-refractivity contribution in [3.8, 4) is 0 Å². The van der Waals surface area contributed by atoms with Crippen molar-refractivity contribution in [2.24, 2.45) is 0 Å². The summed E-state index contributed by atoms with van der Waals surface area (Å²) in [4.78, 5) is 5.95. The predicted molar refractivity (Wildman–Crippen MR) is 60.2 cm³/mol. The molecule has 1 aliphatic carbocycles. The summed E-state index contributed by atoms with van der Waals surface area (Å²) in [6, 6.07) is 0.431. The van der Waals surface area contributed by atoms with E-state index >= 15 is 0 Å². The van der Waals surface area contributed by atoms with E-state index in [1.807, 2.05) is 0 Å². The maximum Gasteiger partial charge on any atom is 0.183 e. The molecular formula is C10H15N3OS. The Labute approximate surface area is 92.7 Å². The molecule has 1 fully saturated rings. The van der Waals surface area contributed by atoms with Gasteiger partial charge in [-0.1, -0.05) is 0 Å². The van der Waals surface area contributed by atoms with Crippen LogP contribution in [-0.2, 0) is 13.0 Å². The minimum absolute atomic E-state index is 0.0984. The van der Waals surface area contributed by atoms with Gasteiger partial charge in [-0.2, -0.15) is 0 Å². The Bertz CT molecular complexity index is 336. The van der Waals surface area contributed by atoms with Crippen LogP contribution in [0, 0.1) is 0 Å². The Balaban J connectivity index is 1.68. The summed E-state index contributed by atoms with van der Waals surface area (Å²) in [5.41, 5.74) is 1.25. The van der Waals surface area contributed by atoms with E-state index in [-0.39, 0.29) is 6.10 Å². The molecule has 15 heavy (non-hydrogen) atoms. The van der Waals surface area contributed by atoms with Gasteiger partial charge in [-0.25, -0.2) is 4.98 Å². The van der Waals surface area contributed by atoms with Crippen molar-refractivity contribution in [3.05, 3.63) is 10.6 Å². The Morgan fingerprint density at radius 3 is 3.07 bits per heavy atom. The van der Waals surface area contributed by atoms with Gasteiger partial charge in [-0.15, -0.1) is 11.3 Å². The average molecular weight is 225 g/mol. The van der Waals surface area contributed by atoms with Crippen molar-refractivity contribution < 1.29 is 5.11 Å². The third-order valence-electron chi connectivity index (χ3n) is 3.04. The fourth-order valence-corrected chi connectivity index (χ4v) is 3.12. The molecular weight excluding hydrogens is 210 g/mol. The topological polar surface area (TPSA) is 57.2 Å². The van der Waals surface area contributed by atoms with Crippen LogP contribution in [0.4, 0.5) is 5.13 Å². The Kier molecular flexibility index (Phi) is 2.38. The lowest BCUT2D eigenvalue weighted by Gasteiger charge is -2.31. The first-order chi connectivity index (χ1) is 7.31. The minimum Gasteiger partial charge on any atom is -0.393 e. The van der Waals surface area contributed by atoms with E-state index in [0.29, 0.717) is 6.04 Å². The molecule has 1 saturated carbocycles. The number of fused-ring (bicyclic) bond motifs is 1. The van der Waals surface area contributed by atoms with Crippen LogP contribution < -0.4 is 10.6 Å². The highest BCUT2D eigenvalue weighted by atomic mass is 32.1. The largest absolute Gasteiger partial charge is 0.393 e. The van der Waals surface area contributed by atoms with Crippen LogP contribution in [0.3, 0.4) is 0 Å². The number of anilines is 1. The van der Waals surface area contributed by atoms with Crippen molar-refractivity contribution in [1.29, 1.82) is 0 Å². The van der Waals surface area contributed by atoms with Crippen molar-refractivity contribution in [2.45, 2.75) is 38.0 Å². The molecule has 0 saturated heterocycles. The molecule has 0 unspecified atom stereocenters. The summed E-state index contributed by atoms with van der Waals surface area (Å²) >= 11 is 1.75. The summed E-state index contributed by atoms with van der Waals surface area (Å²) in [5, 5.41) is 17.0. The second-order valence-electron chi connectivity index (χ2n) is 4.28. The van der Waals surface area contributed by atoms with E-state index in [4.69, 9.17) is 0 Å². The van der Waals surface area contributed by atoms with Crippen LogP contribution in [-0.4, -0.2) is 28.8 Å². The van der Waals surface area contributed by atoms with Crippen molar-refractivity contribution in [2.75, 3.05) is 11.9 Å². The van der Waals surface area contributed by atoms with Gasteiger partial charge in [-0.05, 0) is 12.8 Å². The molecule has 82 valence electrons. The van der Waals surface area contributed by atoms with Crippen molar-refractivity contribution in [1.82, 2.24) is 10.3 Å². The number of aliphatic hydroxyl groups excluding tert-OH is 1. The van der Waals surface area contributed by atoms with Crippen LogP contribution in [0.15, 0.2) is 0 Å². The van der Waals surface area contributed by atoms with Crippen LogP contribution in [0.1, 0.15) is 23.4 Å². The molecule has 0 atom stereocenters. The normalized spacial score (nSPS) is 29.4. The summed E-state index contributed by atoms with van der Waals surface area (Å²) in [5.74, 6) is 0. The molecule has 1 aromatic heterocycles. The van der Waals surface area contributed by atoms with Gasteiger partial charge < -0.3 is 15.7 Å². The van der Waals surface area contributed by atoms with E-state index in [1.54, 1.807) is 11.3 Å². The Morgan fingerprint density at radius 2 is 2.33 bits per heavy atom. The average Bonchev–Trinajstić information content (AvgIpc) is 2.57. The van der Waals surface area contributed by atoms with Gasteiger partial charge in [0.05, 0.1) is 11.8 Å². The molecule has 0 spiro atoms. The molecule has 0 aromatic carbocycles. The molecule has 3 N–H and O–H groups in total. The quantitative estimate of drug-likeness (QED) is 0.694. The van der Waals surface area contributed by atoms with E-state index in [0.717, 1.165) is 37.5 Å². The predicted octanol–water partition coefficient (Wildman–Crippen LogP) is 0.724. The lowest BCUT2D eigenvalue weighted by molar-refractivity contribution is 0.0836. The monoisotopic (exact) mass is 225 g/mol. The summed E-state index contributed by atoms with van der Waals surface area (Å²) in [6.07, 6.45) is 2.67. The Hall–Kier alpha value is -0.650. The molecule has 5 heteroatoms. The highest BCUT2D eigenvalue weighted by Gasteiger charge is 2.28. The SMILES string of the molecule is OC1CC(Nc2nc3c(s2)CNCC3)C1. The number of rotatable bonds is 2. The van der Waals surface area contributed by atoms with Gasteiger partial charge in [0.1, 0.15) is 0 Å². The zero-order valence-electron chi connectivity index (χ0n) is 8.49. The fraction of sp³-hybridized carbons (Fsp3) is 0.700. The van der Waals surface area contributed by atoms with Gasteiger partial charge in [0.25, 0.3) is 0 Å². The maximum atomic E-state index is 9.19. The van der Waals surface area contributed by atoms with Gasteiger partial charge in [0, 0.05) is 30.4 Å². The molecule has 0 amide bonds. The van der Waals surface area contributed by atoms with Crippen LogP contribution >= 0.6 is 11.3 Å². The van der Waals surface area contributed by atoms with Gasteiger partial charge >= 0.3 is 0 Å². The minimum atomic E-state index is -0.0984. The number of hydrogen-bond acceptors (Lipinski definition) is 5. The molecule has 1 aliphatic heterocycles. The first kappa shape index (κ1) is 9.57. The second kappa shape index (κ2) is 3.73. The second-order valence-corrected chi connectivity index (χ2v) is 5.37. The maximum absolute atomic E-state index is 9.19. The van der Waals surface area contributed by atoms with Gasteiger partial charge in [0.15, 0.2) is 5.13 Å². The zero-order chi connectivity index (χ0) is 10.3. The molecule has 1 aromatic rings. The first-order valence-corrected chi connectivity index (χ1v) is 6.27. The van der Waals surface area contributed by atoms with Crippen molar-refractivity contribution in [3.63, 3.8) is 0 Å². The Morgan fingerprint density at radius 1 is 1.47 bits per heavy atom.